The molecule has 1 aliphatic rings. The molecule has 0 spiro atoms. The fourth-order valence-corrected chi connectivity index (χ4v) is 3.93. The highest BCUT2D eigenvalue weighted by Gasteiger charge is 2.33. The number of carbonyl (C=O) groups excluding carboxylic acids is 2. The van der Waals surface area contributed by atoms with Crippen molar-refractivity contribution in [3.05, 3.63) is 59.2 Å². The molecule has 0 saturated carbocycles. The summed E-state index contributed by atoms with van der Waals surface area (Å²) in [5.41, 5.74) is 3.35. The maximum absolute atomic E-state index is 14.4. The number of aryl methyl sites for hydroxylation is 2. The number of amides is 2. The summed E-state index contributed by atoms with van der Waals surface area (Å²) in [6.07, 6.45) is -0.522. The highest BCUT2D eigenvalue weighted by Crippen LogP contribution is 2.33. The van der Waals surface area contributed by atoms with E-state index in [2.05, 4.69) is 15.6 Å². The van der Waals surface area contributed by atoms with E-state index >= 15 is 0 Å². The van der Waals surface area contributed by atoms with E-state index in [-0.39, 0.29) is 43.3 Å². The van der Waals surface area contributed by atoms with Gasteiger partial charge in [0, 0.05) is 36.7 Å². The van der Waals surface area contributed by atoms with Crippen molar-refractivity contribution in [3.8, 4) is 11.3 Å². The van der Waals surface area contributed by atoms with Gasteiger partial charge in [-0.2, -0.15) is 0 Å². The van der Waals surface area contributed by atoms with Crippen molar-refractivity contribution in [2.45, 2.75) is 25.9 Å². The molecule has 2 heterocycles. The van der Waals surface area contributed by atoms with E-state index in [4.69, 9.17) is 0 Å². The summed E-state index contributed by atoms with van der Waals surface area (Å²) in [7, 11) is 0. The summed E-state index contributed by atoms with van der Waals surface area (Å²) < 4.78 is 28.3. The molecule has 4 N–H and O–H groups in total. The van der Waals surface area contributed by atoms with E-state index in [9.17, 15) is 23.5 Å². The summed E-state index contributed by atoms with van der Waals surface area (Å²) in [5, 5.41) is 15.4. The van der Waals surface area contributed by atoms with Crippen LogP contribution in [0, 0.1) is 24.5 Å². The number of aliphatic hydroxyl groups excluding tert-OH is 1. The van der Waals surface area contributed by atoms with Gasteiger partial charge >= 0.3 is 0 Å². The van der Waals surface area contributed by atoms with E-state index in [1.165, 1.54) is 6.07 Å². The standard InChI is InChI=1S/C23H23F2N3O3/c1-12-2-4-13(5-3-12)21-15(16-8-14(24)9-18(25)22(16)28-21)6-7-20(30)26-10-17-19(29)11-27-23(17)31/h2-5,8-9,17,19,28-29H,6-7,10-11H2,1H3,(H,26,30)(H,27,31)/t17-,19+/m0/s1. The first-order valence-electron chi connectivity index (χ1n) is 10.1. The lowest BCUT2D eigenvalue weighted by molar-refractivity contribution is -0.124. The molecule has 1 fully saturated rings. The molecule has 3 aromatic rings. The third-order valence-corrected chi connectivity index (χ3v) is 5.68. The Labute approximate surface area is 177 Å². The zero-order valence-corrected chi connectivity index (χ0v) is 17.0. The molecular weight excluding hydrogens is 404 g/mol. The van der Waals surface area contributed by atoms with Crippen molar-refractivity contribution in [2.24, 2.45) is 5.92 Å². The van der Waals surface area contributed by atoms with Crippen LogP contribution in [0.4, 0.5) is 8.78 Å². The van der Waals surface area contributed by atoms with Crippen molar-refractivity contribution < 1.29 is 23.5 Å². The number of carbonyl (C=O) groups is 2. The molecule has 4 rings (SSSR count). The van der Waals surface area contributed by atoms with Gasteiger partial charge in [-0.25, -0.2) is 8.78 Å². The van der Waals surface area contributed by atoms with Crippen LogP contribution in [-0.4, -0.2) is 41.1 Å². The average molecular weight is 427 g/mol. The second kappa shape index (κ2) is 8.47. The Morgan fingerprint density at radius 3 is 2.65 bits per heavy atom. The molecule has 0 aliphatic carbocycles. The third-order valence-electron chi connectivity index (χ3n) is 5.68. The zero-order valence-electron chi connectivity index (χ0n) is 17.0. The normalized spacial score (nSPS) is 18.4. The highest BCUT2D eigenvalue weighted by molar-refractivity contribution is 5.92. The first-order chi connectivity index (χ1) is 14.8. The number of H-pyrrole nitrogens is 1. The number of hydrogen-bond donors (Lipinski definition) is 4. The van der Waals surface area contributed by atoms with Crippen LogP contribution < -0.4 is 10.6 Å². The van der Waals surface area contributed by atoms with Crippen LogP contribution in [-0.2, 0) is 16.0 Å². The van der Waals surface area contributed by atoms with E-state index in [0.717, 1.165) is 17.2 Å². The first kappa shape index (κ1) is 21.0. The number of hydrogen-bond acceptors (Lipinski definition) is 3. The SMILES string of the molecule is Cc1ccc(-c2[nH]c3c(F)cc(F)cc3c2CCC(=O)NC[C@@H]2C(=O)NC[C@H]2O)cc1. The van der Waals surface area contributed by atoms with Crippen LogP contribution in [0.1, 0.15) is 17.5 Å². The minimum atomic E-state index is -0.833. The van der Waals surface area contributed by atoms with Gasteiger partial charge in [0.15, 0.2) is 0 Å². The summed E-state index contributed by atoms with van der Waals surface area (Å²) in [6.45, 7) is 2.16. The van der Waals surface area contributed by atoms with Crippen molar-refractivity contribution in [2.75, 3.05) is 13.1 Å². The largest absolute Gasteiger partial charge is 0.390 e. The van der Waals surface area contributed by atoms with Gasteiger partial charge in [-0.05, 0) is 30.5 Å². The van der Waals surface area contributed by atoms with Crippen LogP contribution in [0.3, 0.4) is 0 Å². The minimum absolute atomic E-state index is 0.0355. The Hall–Kier alpha value is -3.26. The summed E-state index contributed by atoms with van der Waals surface area (Å²) in [4.78, 5) is 27.1. The molecule has 1 aliphatic heterocycles. The minimum Gasteiger partial charge on any atom is -0.390 e. The molecule has 1 saturated heterocycles. The lowest BCUT2D eigenvalue weighted by Gasteiger charge is -2.12. The third kappa shape index (κ3) is 4.29. The monoisotopic (exact) mass is 427 g/mol. The Kier molecular flexibility index (Phi) is 5.73. The molecule has 31 heavy (non-hydrogen) atoms. The van der Waals surface area contributed by atoms with Crippen molar-refractivity contribution in [3.63, 3.8) is 0 Å². The van der Waals surface area contributed by atoms with E-state index in [0.29, 0.717) is 16.6 Å². The summed E-state index contributed by atoms with van der Waals surface area (Å²) in [5.74, 6) is -2.67. The number of benzene rings is 2. The predicted octanol–water partition coefficient (Wildman–Crippen LogP) is 2.58. The molecule has 6 nitrogen and oxygen atoms in total. The van der Waals surface area contributed by atoms with Gasteiger partial charge in [0.25, 0.3) is 0 Å². The first-order valence-corrected chi connectivity index (χ1v) is 10.1. The molecule has 8 heteroatoms. The molecule has 2 atom stereocenters. The van der Waals surface area contributed by atoms with Gasteiger partial charge in [-0.15, -0.1) is 0 Å². The van der Waals surface area contributed by atoms with Crippen LogP contribution in [0.5, 0.6) is 0 Å². The van der Waals surface area contributed by atoms with Gasteiger partial charge in [-0.3, -0.25) is 9.59 Å². The highest BCUT2D eigenvalue weighted by atomic mass is 19.1. The molecule has 0 radical (unpaired) electrons. The Bertz CT molecular complexity index is 1140. The number of β-amino-alcohol motifs (C(OH)–C–C–N with tert-alkyl or cyclic N) is 1. The fraction of sp³-hybridized carbons (Fsp3) is 0.304. The summed E-state index contributed by atoms with van der Waals surface area (Å²) >= 11 is 0. The van der Waals surface area contributed by atoms with Gasteiger partial charge in [0.05, 0.1) is 17.5 Å². The molecule has 162 valence electrons. The Morgan fingerprint density at radius 1 is 1.23 bits per heavy atom. The molecule has 1 aromatic heterocycles. The van der Waals surface area contributed by atoms with Gasteiger partial charge in [0.2, 0.25) is 11.8 Å². The molecule has 2 amide bonds. The number of aliphatic hydroxyl groups is 1. The quantitative estimate of drug-likeness (QED) is 0.487. The Balaban J connectivity index is 1.57. The van der Waals surface area contributed by atoms with Gasteiger partial charge in [0.1, 0.15) is 11.6 Å². The molecule has 0 bridgehead atoms. The summed E-state index contributed by atoms with van der Waals surface area (Å²) in [6, 6.07) is 9.71. The van der Waals surface area contributed by atoms with E-state index < -0.39 is 23.7 Å². The topological polar surface area (TPSA) is 94.2 Å². The smallest absolute Gasteiger partial charge is 0.227 e. The average Bonchev–Trinajstić information content (AvgIpc) is 3.25. The number of aromatic nitrogens is 1. The van der Waals surface area contributed by atoms with Crippen molar-refractivity contribution in [1.29, 1.82) is 0 Å². The number of fused-ring (bicyclic) bond motifs is 1. The number of nitrogens with one attached hydrogen (secondary N) is 3. The van der Waals surface area contributed by atoms with Crippen molar-refractivity contribution >= 4 is 22.7 Å². The lowest BCUT2D eigenvalue weighted by Crippen LogP contribution is -2.36. The maximum Gasteiger partial charge on any atom is 0.227 e. The van der Waals surface area contributed by atoms with E-state index in [1.54, 1.807) is 0 Å². The predicted molar refractivity (Wildman–Crippen MR) is 112 cm³/mol. The second-order valence-corrected chi connectivity index (χ2v) is 7.88. The molecular formula is C23H23F2N3O3. The Morgan fingerprint density at radius 2 is 1.97 bits per heavy atom. The number of rotatable bonds is 6. The lowest BCUT2D eigenvalue weighted by atomic mass is 10.00. The van der Waals surface area contributed by atoms with Gasteiger partial charge < -0.3 is 20.7 Å². The zero-order chi connectivity index (χ0) is 22.1. The van der Waals surface area contributed by atoms with Gasteiger partial charge in [-0.1, -0.05) is 29.8 Å². The molecule has 2 aromatic carbocycles. The number of aromatic amines is 1. The van der Waals surface area contributed by atoms with Crippen LogP contribution in [0.15, 0.2) is 36.4 Å². The van der Waals surface area contributed by atoms with Crippen LogP contribution in [0.25, 0.3) is 22.2 Å². The second-order valence-electron chi connectivity index (χ2n) is 7.88. The van der Waals surface area contributed by atoms with Crippen molar-refractivity contribution in [1.82, 2.24) is 15.6 Å². The maximum atomic E-state index is 14.4. The fourth-order valence-electron chi connectivity index (χ4n) is 3.93. The van der Waals surface area contributed by atoms with Crippen LogP contribution in [0.2, 0.25) is 0 Å². The molecule has 0 unspecified atom stereocenters. The van der Waals surface area contributed by atoms with E-state index in [1.807, 2.05) is 31.2 Å². The van der Waals surface area contributed by atoms with Crippen LogP contribution >= 0.6 is 0 Å². The number of halogens is 2.